The molecule has 22 heavy (non-hydrogen) atoms. The second kappa shape index (κ2) is 6.61. The highest BCUT2D eigenvalue weighted by Crippen LogP contribution is 2.15. The summed E-state index contributed by atoms with van der Waals surface area (Å²) in [5.74, 6) is -3.44. The highest BCUT2D eigenvalue weighted by atomic mass is 19.1. The van der Waals surface area contributed by atoms with Gasteiger partial charge in [0.2, 0.25) is 0 Å². The third-order valence-electron chi connectivity index (χ3n) is 2.57. The van der Waals surface area contributed by atoms with Gasteiger partial charge in [-0.1, -0.05) is 0 Å². The van der Waals surface area contributed by atoms with Gasteiger partial charge in [-0.15, -0.1) is 0 Å². The summed E-state index contributed by atoms with van der Waals surface area (Å²) in [7, 11) is 0. The summed E-state index contributed by atoms with van der Waals surface area (Å²) in [6.07, 6.45) is 1.10. The van der Waals surface area contributed by atoms with E-state index in [1.165, 1.54) is 18.2 Å². The lowest BCUT2D eigenvalue weighted by molar-refractivity contribution is -0.608. The van der Waals surface area contributed by atoms with Crippen molar-refractivity contribution in [2.24, 2.45) is 0 Å². The topological polar surface area (TPSA) is 82.3 Å². The molecule has 0 atom stereocenters. The molecule has 1 aromatic carbocycles. The molecule has 0 aliphatic carbocycles. The lowest BCUT2D eigenvalue weighted by atomic mass is 10.3. The van der Waals surface area contributed by atoms with E-state index in [0.717, 1.165) is 24.4 Å². The minimum absolute atomic E-state index is 0.284. The molecule has 0 saturated heterocycles. The molecule has 114 valence electrons. The minimum Gasteiger partial charge on any atom is -0.618 e. The highest BCUT2D eigenvalue weighted by Gasteiger charge is 2.18. The minimum atomic E-state index is -1.01. The Balaban J connectivity index is 1.94. The third-order valence-corrected chi connectivity index (χ3v) is 2.57. The first kappa shape index (κ1) is 15.4. The van der Waals surface area contributed by atoms with Crippen molar-refractivity contribution in [1.29, 1.82) is 0 Å². The number of hydrogen-bond donors (Lipinski definition) is 1. The van der Waals surface area contributed by atoms with Crippen LogP contribution in [0.1, 0.15) is 10.5 Å². The summed E-state index contributed by atoms with van der Waals surface area (Å²) in [5, 5.41) is 13.4. The molecule has 1 aromatic heterocycles. The van der Waals surface area contributed by atoms with E-state index in [2.05, 4.69) is 10.1 Å². The molecule has 0 aliphatic heterocycles. The van der Waals surface area contributed by atoms with Crippen molar-refractivity contribution in [3.63, 3.8) is 0 Å². The summed E-state index contributed by atoms with van der Waals surface area (Å²) < 4.78 is 31.2. The Labute approximate surface area is 123 Å². The van der Waals surface area contributed by atoms with Gasteiger partial charge >= 0.3 is 11.7 Å². The molecular formula is C14H10F2N2O4. The summed E-state index contributed by atoms with van der Waals surface area (Å²) in [5.41, 5.74) is -0.674. The fourth-order valence-electron chi connectivity index (χ4n) is 1.57. The van der Waals surface area contributed by atoms with Gasteiger partial charge in [0.25, 0.3) is 5.91 Å². The largest absolute Gasteiger partial charge is 0.618 e. The molecule has 2 aromatic rings. The Bertz CT molecular complexity index is 722. The molecule has 0 aliphatic rings. The molecule has 0 bridgehead atoms. The van der Waals surface area contributed by atoms with Crippen LogP contribution in [0.2, 0.25) is 0 Å². The van der Waals surface area contributed by atoms with Gasteiger partial charge in [0, 0.05) is 18.2 Å². The smallest absolute Gasteiger partial charge is 0.405 e. The van der Waals surface area contributed by atoms with Gasteiger partial charge < -0.3 is 15.3 Å². The number of amides is 1. The van der Waals surface area contributed by atoms with Crippen LogP contribution in [0.4, 0.5) is 14.5 Å². The third kappa shape index (κ3) is 3.75. The Kier molecular flexibility index (Phi) is 4.62. The van der Waals surface area contributed by atoms with Gasteiger partial charge in [0.1, 0.15) is 11.6 Å². The van der Waals surface area contributed by atoms with Crippen LogP contribution < -0.4 is 10.0 Å². The SMILES string of the molecule is O=C(COC(=O)c1cccc[n+]1[O-])Nc1cc(F)ccc1F. The van der Waals surface area contributed by atoms with E-state index in [1.807, 2.05) is 0 Å². The van der Waals surface area contributed by atoms with E-state index in [1.54, 1.807) is 0 Å². The number of halogens is 2. The number of rotatable bonds is 4. The van der Waals surface area contributed by atoms with Crippen LogP contribution in [-0.2, 0) is 9.53 Å². The first-order chi connectivity index (χ1) is 10.5. The fourth-order valence-corrected chi connectivity index (χ4v) is 1.57. The van der Waals surface area contributed by atoms with E-state index in [0.29, 0.717) is 0 Å². The maximum absolute atomic E-state index is 13.3. The Morgan fingerprint density at radius 2 is 2.00 bits per heavy atom. The quantitative estimate of drug-likeness (QED) is 0.526. The van der Waals surface area contributed by atoms with Crippen LogP contribution in [0.25, 0.3) is 0 Å². The van der Waals surface area contributed by atoms with Crippen molar-refractivity contribution in [3.8, 4) is 0 Å². The second-order valence-corrected chi connectivity index (χ2v) is 4.16. The second-order valence-electron chi connectivity index (χ2n) is 4.16. The number of ether oxygens (including phenoxy) is 1. The maximum atomic E-state index is 13.3. The summed E-state index contributed by atoms with van der Waals surface area (Å²) >= 11 is 0. The zero-order valence-electron chi connectivity index (χ0n) is 11.1. The number of benzene rings is 1. The standard InChI is InChI=1S/C14H10F2N2O4/c15-9-4-5-10(16)11(7-9)17-13(19)8-22-14(20)12-3-1-2-6-18(12)21/h1-7H,8H2,(H,17,19). The van der Waals surface area contributed by atoms with Crippen LogP contribution in [0.15, 0.2) is 42.6 Å². The van der Waals surface area contributed by atoms with Crippen LogP contribution in [0.5, 0.6) is 0 Å². The number of carbonyl (C=O) groups excluding carboxylic acids is 2. The first-order valence-corrected chi connectivity index (χ1v) is 6.07. The lowest BCUT2D eigenvalue weighted by Crippen LogP contribution is -2.35. The number of carbonyl (C=O) groups is 2. The predicted octanol–water partition coefficient (Wildman–Crippen LogP) is 1.39. The number of hydrogen-bond acceptors (Lipinski definition) is 4. The number of anilines is 1. The summed E-state index contributed by atoms with van der Waals surface area (Å²) in [4.78, 5) is 23.1. The Morgan fingerprint density at radius 1 is 1.23 bits per heavy atom. The predicted molar refractivity (Wildman–Crippen MR) is 70.7 cm³/mol. The molecule has 0 spiro atoms. The Morgan fingerprint density at radius 3 is 2.73 bits per heavy atom. The summed E-state index contributed by atoms with van der Waals surface area (Å²) in [6, 6.07) is 6.63. The normalized spacial score (nSPS) is 10.1. The Hall–Kier alpha value is -3.03. The van der Waals surface area contributed by atoms with Crippen LogP contribution in [0.3, 0.4) is 0 Å². The number of esters is 1. The van der Waals surface area contributed by atoms with E-state index >= 15 is 0 Å². The molecule has 0 unspecified atom stereocenters. The van der Waals surface area contributed by atoms with E-state index in [4.69, 9.17) is 0 Å². The highest BCUT2D eigenvalue weighted by molar-refractivity contribution is 5.94. The number of aromatic nitrogens is 1. The molecule has 0 radical (unpaired) electrons. The summed E-state index contributed by atoms with van der Waals surface area (Å²) in [6.45, 7) is -0.746. The fraction of sp³-hybridized carbons (Fsp3) is 0.0714. The van der Waals surface area contributed by atoms with Crippen LogP contribution in [0, 0.1) is 16.8 Å². The van der Waals surface area contributed by atoms with Crippen molar-refractivity contribution in [2.45, 2.75) is 0 Å². The van der Waals surface area contributed by atoms with Gasteiger partial charge in [0.15, 0.2) is 12.8 Å². The average Bonchev–Trinajstić information content (AvgIpc) is 2.49. The zero-order valence-corrected chi connectivity index (χ0v) is 11.1. The van der Waals surface area contributed by atoms with Gasteiger partial charge in [-0.25, -0.2) is 13.6 Å². The maximum Gasteiger partial charge on any atom is 0.405 e. The number of nitrogens with one attached hydrogen (secondary N) is 1. The van der Waals surface area contributed by atoms with Crippen molar-refractivity contribution >= 4 is 17.6 Å². The first-order valence-electron chi connectivity index (χ1n) is 6.07. The number of pyridine rings is 1. The van der Waals surface area contributed by atoms with Gasteiger partial charge in [-0.2, -0.15) is 4.73 Å². The van der Waals surface area contributed by atoms with Crippen molar-refractivity contribution in [3.05, 3.63) is 65.1 Å². The van der Waals surface area contributed by atoms with Crippen LogP contribution >= 0.6 is 0 Å². The molecular weight excluding hydrogens is 298 g/mol. The molecule has 1 heterocycles. The molecule has 1 N–H and O–H groups in total. The van der Waals surface area contributed by atoms with Crippen LogP contribution in [-0.4, -0.2) is 18.5 Å². The molecule has 6 nitrogen and oxygen atoms in total. The van der Waals surface area contributed by atoms with Gasteiger partial charge in [-0.05, 0) is 18.2 Å². The molecule has 0 saturated carbocycles. The van der Waals surface area contributed by atoms with Crippen molar-refractivity contribution < 1.29 is 27.8 Å². The molecule has 1 amide bonds. The van der Waals surface area contributed by atoms with E-state index in [9.17, 15) is 23.6 Å². The van der Waals surface area contributed by atoms with E-state index < -0.39 is 30.1 Å². The molecule has 2 rings (SSSR count). The monoisotopic (exact) mass is 308 g/mol. The van der Waals surface area contributed by atoms with Gasteiger partial charge in [-0.3, -0.25) is 4.79 Å². The molecule has 0 fully saturated rings. The van der Waals surface area contributed by atoms with Crippen molar-refractivity contribution in [1.82, 2.24) is 0 Å². The van der Waals surface area contributed by atoms with E-state index in [-0.39, 0.29) is 16.1 Å². The average molecular weight is 308 g/mol. The molecule has 8 heteroatoms. The van der Waals surface area contributed by atoms with Gasteiger partial charge in [0.05, 0.1) is 5.69 Å². The zero-order chi connectivity index (χ0) is 16.1. The lowest BCUT2D eigenvalue weighted by Gasteiger charge is -2.07. The number of nitrogens with zero attached hydrogens (tertiary/aromatic N) is 1. The van der Waals surface area contributed by atoms with Crippen molar-refractivity contribution in [2.75, 3.05) is 11.9 Å².